The van der Waals surface area contributed by atoms with E-state index >= 15 is 0 Å². The molecule has 0 bridgehead atoms. The second kappa shape index (κ2) is 4.60. The Morgan fingerprint density at radius 3 is 2.42 bits per heavy atom. The number of carbonyl (C=O) groups is 1. The highest BCUT2D eigenvalue weighted by atomic mass is 32.2. The third kappa shape index (κ3) is 2.18. The van der Waals surface area contributed by atoms with E-state index in [1.165, 1.54) is 19.2 Å². The Labute approximate surface area is 110 Å². The lowest BCUT2D eigenvalue weighted by atomic mass is 9.94. The molecule has 0 amide bonds. The van der Waals surface area contributed by atoms with E-state index < -0.39 is 21.6 Å². The Hall–Kier alpha value is -1.99. The number of carbonyl (C=O) groups excluding carboxylic acids is 1. The summed E-state index contributed by atoms with van der Waals surface area (Å²) in [5.41, 5.74) is -0.0810. The molecular weight excluding hydrogens is 270 g/mol. The van der Waals surface area contributed by atoms with Crippen molar-refractivity contribution in [2.24, 2.45) is 0 Å². The first kappa shape index (κ1) is 13.4. The van der Waals surface area contributed by atoms with Crippen LogP contribution in [-0.4, -0.2) is 34.1 Å². The molecule has 1 aromatic rings. The highest BCUT2D eigenvalue weighted by molar-refractivity contribution is 7.96. The van der Waals surface area contributed by atoms with Gasteiger partial charge >= 0.3 is 0 Å². The molecule has 0 saturated heterocycles. The fraction of sp³-hybridized carbons (Fsp3) is 0.167. The second-order valence-corrected chi connectivity index (χ2v) is 5.47. The maximum absolute atomic E-state index is 11.9. The average Bonchev–Trinajstić information content (AvgIpc) is 2.42. The lowest BCUT2D eigenvalue weighted by Gasteiger charge is -2.17. The van der Waals surface area contributed by atoms with E-state index in [1.54, 1.807) is 6.07 Å². The van der Waals surface area contributed by atoms with Gasteiger partial charge in [-0.15, -0.1) is 0 Å². The number of hydrogen-bond acceptors (Lipinski definition) is 6. The van der Waals surface area contributed by atoms with Crippen LogP contribution in [0.15, 0.2) is 24.3 Å². The summed E-state index contributed by atoms with van der Waals surface area (Å²) in [6.45, 7) is 0. The van der Waals surface area contributed by atoms with E-state index in [1.807, 2.05) is 0 Å². The van der Waals surface area contributed by atoms with Gasteiger partial charge in [0.1, 0.15) is 16.4 Å². The van der Waals surface area contributed by atoms with Crippen LogP contribution in [0.1, 0.15) is 15.9 Å². The number of rotatable bonds is 3. The first-order chi connectivity index (χ1) is 8.90. The van der Waals surface area contributed by atoms with E-state index in [0.29, 0.717) is 5.75 Å². The van der Waals surface area contributed by atoms with Crippen molar-refractivity contribution in [3.8, 4) is 5.75 Å². The number of ketones is 1. The van der Waals surface area contributed by atoms with Crippen molar-refractivity contribution in [1.82, 2.24) is 0 Å². The van der Waals surface area contributed by atoms with Gasteiger partial charge in [-0.3, -0.25) is 14.4 Å². The number of benzene rings is 1. The number of hydrogen-bond donors (Lipinski definition) is 1. The summed E-state index contributed by atoms with van der Waals surface area (Å²) in [6, 6.07) is 4.41. The molecule has 7 heteroatoms. The molecule has 1 aliphatic carbocycles. The molecule has 0 heterocycles. The van der Waals surface area contributed by atoms with Gasteiger partial charge < -0.3 is 4.74 Å². The van der Waals surface area contributed by atoms with E-state index in [2.05, 4.69) is 4.18 Å². The van der Waals surface area contributed by atoms with Gasteiger partial charge in [-0.25, -0.2) is 0 Å². The number of nitrogens with one attached hydrogen (secondary N) is 1. The smallest absolute Gasteiger partial charge is 0.297 e. The van der Waals surface area contributed by atoms with Crippen LogP contribution in [0.4, 0.5) is 0 Å². The van der Waals surface area contributed by atoms with E-state index in [4.69, 9.17) is 10.1 Å². The van der Waals surface area contributed by atoms with E-state index in [9.17, 15) is 13.2 Å². The van der Waals surface area contributed by atoms with Crippen molar-refractivity contribution >= 4 is 26.5 Å². The standard InChI is InChI=1S/C12H11NO5S/c1-17-7-3-4-8-9(5-7)12(14)10(13)6-11(8)19(15,16)18-2/h3-6,13H,1-2H3. The quantitative estimate of drug-likeness (QED) is 0.841. The summed E-state index contributed by atoms with van der Waals surface area (Å²) < 4.78 is 33.0. The van der Waals surface area contributed by atoms with Crippen LogP contribution >= 0.6 is 0 Å². The summed E-state index contributed by atoms with van der Waals surface area (Å²) in [6.07, 6.45) is 0.996. The predicted octanol–water partition coefficient (Wildman–Crippen LogP) is 1.23. The van der Waals surface area contributed by atoms with Crippen LogP contribution < -0.4 is 4.74 Å². The minimum atomic E-state index is -3.98. The normalized spacial score (nSPS) is 14.9. The Kier molecular flexibility index (Phi) is 3.25. The largest absolute Gasteiger partial charge is 0.497 e. The number of allylic oxidation sites excluding steroid dienone is 1. The molecule has 6 nitrogen and oxygen atoms in total. The lowest BCUT2D eigenvalue weighted by Crippen LogP contribution is -2.21. The molecule has 1 aliphatic rings. The van der Waals surface area contributed by atoms with Crippen molar-refractivity contribution in [3.63, 3.8) is 0 Å². The molecule has 0 atom stereocenters. The van der Waals surface area contributed by atoms with Gasteiger partial charge in [-0.2, -0.15) is 8.42 Å². The van der Waals surface area contributed by atoms with Crippen LogP contribution in [0.5, 0.6) is 5.75 Å². The minimum Gasteiger partial charge on any atom is -0.497 e. The summed E-state index contributed by atoms with van der Waals surface area (Å²) in [4.78, 5) is 11.7. The zero-order chi connectivity index (χ0) is 14.2. The Balaban J connectivity index is 2.73. The Morgan fingerprint density at radius 2 is 1.84 bits per heavy atom. The third-order valence-corrected chi connectivity index (χ3v) is 4.06. The number of methoxy groups -OCH3 is 1. The molecule has 0 spiro atoms. The molecule has 0 aliphatic heterocycles. The number of ether oxygens (including phenoxy) is 1. The van der Waals surface area contributed by atoms with Gasteiger partial charge in [-0.1, -0.05) is 0 Å². The summed E-state index contributed by atoms with van der Waals surface area (Å²) in [7, 11) is -1.52. The van der Waals surface area contributed by atoms with Crippen molar-refractivity contribution in [2.45, 2.75) is 0 Å². The lowest BCUT2D eigenvalue weighted by molar-refractivity contribution is 0.106. The second-order valence-electron chi connectivity index (χ2n) is 3.78. The molecule has 0 fully saturated rings. The van der Waals surface area contributed by atoms with Crippen molar-refractivity contribution in [3.05, 3.63) is 35.4 Å². The summed E-state index contributed by atoms with van der Waals surface area (Å²) in [5, 5.41) is 7.55. The monoisotopic (exact) mass is 281 g/mol. The SMILES string of the molecule is COc1ccc2c(c1)C(=O)C(=N)C=C2S(=O)(=O)OC. The predicted molar refractivity (Wildman–Crippen MR) is 69.0 cm³/mol. The minimum absolute atomic E-state index is 0.113. The zero-order valence-corrected chi connectivity index (χ0v) is 11.1. The fourth-order valence-electron chi connectivity index (χ4n) is 1.77. The van der Waals surface area contributed by atoms with Crippen molar-refractivity contribution in [1.29, 1.82) is 5.41 Å². The molecule has 1 N–H and O–H groups in total. The van der Waals surface area contributed by atoms with Crippen LogP contribution in [0.2, 0.25) is 0 Å². The molecule has 2 rings (SSSR count). The highest BCUT2D eigenvalue weighted by Gasteiger charge is 2.30. The summed E-state index contributed by atoms with van der Waals surface area (Å²) >= 11 is 0. The van der Waals surface area contributed by atoms with Gasteiger partial charge in [0, 0.05) is 11.1 Å². The van der Waals surface area contributed by atoms with Gasteiger partial charge in [0.2, 0.25) is 5.78 Å². The van der Waals surface area contributed by atoms with Crippen LogP contribution in [0.3, 0.4) is 0 Å². The molecular formula is C12H11NO5S. The first-order valence-electron chi connectivity index (χ1n) is 5.24. The van der Waals surface area contributed by atoms with Crippen LogP contribution in [-0.2, 0) is 14.3 Å². The molecule has 0 aromatic heterocycles. The maximum atomic E-state index is 11.9. The van der Waals surface area contributed by atoms with E-state index in [-0.39, 0.29) is 16.0 Å². The zero-order valence-electron chi connectivity index (χ0n) is 10.3. The highest BCUT2D eigenvalue weighted by Crippen LogP contribution is 2.32. The van der Waals surface area contributed by atoms with Gasteiger partial charge in [0.05, 0.1) is 14.2 Å². The molecule has 0 saturated carbocycles. The van der Waals surface area contributed by atoms with E-state index in [0.717, 1.165) is 13.2 Å². The van der Waals surface area contributed by atoms with Crippen molar-refractivity contribution in [2.75, 3.05) is 14.2 Å². The maximum Gasteiger partial charge on any atom is 0.297 e. The fourth-order valence-corrected chi connectivity index (χ4v) is 2.66. The molecule has 0 unspecified atom stereocenters. The first-order valence-corrected chi connectivity index (χ1v) is 6.65. The molecule has 0 radical (unpaired) electrons. The number of Topliss-reactive ketones (excluding diaryl/α,β-unsaturated/α-hetero) is 1. The third-order valence-electron chi connectivity index (χ3n) is 2.75. The molecule has 1 aromatic carbocycles. The number of fused-ring (bicyclic) bond motifs is 1. The molecule has 100 valence electrons. The summed E-state index contributed by atoms with van der Waals surface area (Å²) in [5.74, 6) is -0.139. The molecule has 19 heavy (non-hydrogen) atoms. The van der Waals surface area contributed by atoms with Crippen LogP contribution in [0, 0.1) is 5.41 Å². The van der Waals surface area contributed by atoms with Gasteiger partial charge in [0.25, 0.3) is 10.1 Å². The average molecular weight is 281 g/mol. The Bertz CT molecular complexity index is 703. The topological polar surface area (TPSA) is 93.5 Å². The van der Waals surface area contributed by atoms with Crippen molar-refractivity contribution < 1.29 is 22.1 Å². The van der Waals surface area contributed by atoms with Gasteiger partial charge in [0.15, 0.2) is 0 Å². The van der Waals surface area contributed by atoms with Gasteiger partial charge in [-0.05, 0) is 24.3 Å². The van der Waals surface area contributed by atoms with Crippen LogP contribution in [0.25, 0.3) is 4.91 Å². The Morgan fingerprint density at radius 1 is 1.16 bits per heavy atom.